The van der Waals surface area contributed by atoms with Gasteiger partial charge in [-0.05, 0) is 40.5 Å². The minimum Gasteiger partial charge on any atom is -0.465 e. The highest BCUT2D eigenvalue weighted by Crippen LogP contribution is 2.19. The van der Waals surface area contributed by atoms with Crippen LogP contribution in [0.25, 0.3) is 0 Å². The predicted molar refractivity (Wildman–Crippen MR) is 62.3 cm³/mol. The van der Waals surface area contributed by atoms with Crippen molar-refractivity contribution in [3.05, 3.63) is 0 Å². The van der Waals surface area contributed by atoms with Gasteiger partial charge in [0.05, 0.1) is 18.8 Å². The van der Waals surface area contributed by atoms with Gasteiger partial charge in [-0.1, -0.05) is 0 Å². The zero-order chi connectivity index (χ0) is 12.1. The number of esters is 1. The molecule has 4 nitrogen and oxygen atoms in total. The lowest BCUT2D eigenvalue weighted by Gasteiger charge is -2.33. The predicted octanol–water partition coefficient (Wildman–Crippen LogP) is 1.48. The van der Waals surface area contributed by atoms with Gasteiger partial charge in [-0.25, -0.2) is 0 Å². The van der Waals surface area contributed by atoms with E-state index < -0.39 is 0 Å². The zero-order valence-corrected chi connectivity index (χ0v) is 10.7. The first kappa shape index (κ1) is 13.5. The molecule has 94 valence electrons. The van der Waals surface area contributed by atoms with Crippen molar-refractivity contribution < 1.29 is 14.3 Å². The third-order valence-corrected chi connectivity index (χ3v) is 2.82. The summed E-state index contributed by atoms with van der Waals surface area (Å²) in [5.74, 6) is -0.172. The summed E-state index contributed by atoms with van der Waals surface area (Å²) in [7, 11) is 0. The molecule has 1 fully saturated rings. The van der Waals surface area contributed by atoms with E-state index in [2.05, 4.69) is 19.2 Å². The summed E-state index contributed by atoms with van der Waals surface area (Å²) in [6, 6.07) is 0.112. The Kier molecular flexibility index (Phi) is 5.22. The molecular formula is C12H23NO3. The molecule has 16 heavy (non-hydrogen) atoms. The lowest BCUT2D eigenvalue weighted by molar-refractivity contribution is -0.145. The number of carbonyl (C=O) groups excluding carboxylic acids is 1. The van der Waals surface area contributed by atoms with Crippen LogP contribution in [0.15, 0.2) is 0 Å². The van der Waals surface area contributed by atoms with Crippen molar-refractivity contribution in [1.82, 2.24) is 5.32 Å². The van der Waals surface area contributed by atoms with Crippen molar-refractivity contribution >= 4 is 5.97 Å². The topological polar surface area (TPSA) is 47.6 Å². The summed E-state index contributed by atoms with van der Waals surface area (Å²) in [5, 5.41) is 3.31. The summed E-state index contributed by atoms with van der Waals surface area (Å²) in [6.07, 6.45) is 2.42. The van der Waals surface area contributed by atoms with E-state index in [1.54, 1.807) is 0 Å². The standard InChI is InChI=1S/C12H23NO3/c1-5-15-12(14)10(4)13-11-6-8(2)16-9(3)7-11/h8-11,13H,5-7H2,1-4H3. The van der Waals surface area contributed by atoms with Gasteiger partial charge in [-0.15, -0.1) is 0 Å². The maximum atomic E-state index is 11.5. The summed E-state index contributed by atoms with van der Waals surface area (Å²) in [6.45, 7) is 8.25. The van der Waals surface area contributed by atoms with Crippen molar-refractivity contribution in [2.24, 2.45) is 0 Å². The Morgan fingerprint density at radius 1 is 1.44 bits per heavy atom. The van der Waals surface area contributed by atoms with Gasteiger partial charge < -0.3 is 14.8 Å². The van der Waals surface area contributed by atoms with Crippen LogP contribution < -0.4 is 5.32 Å². The first-order valence-electron chi connectivity index (χ1n) is 6.11. The van der Waals surface area contributed by atoms with Crippen molar-refractivity contribution in [3.8, 4) is 0 Å². The number of hydrogen-bond donors (Lipinski definition) is 1. The Hall–Kier alpha value is -0.610. The lowest BCUT2D eigenvalue weighted by Crippen LogP contribution is -2.47. The molecule has 0 saturated carbocycles. The molecule has 0 aromatic heterocycles. The second-order valence-electron chi connectivity index (χ2n) is 4.57. The fraction of sp³-hybridized carbons (Fsp3) is 0.917. The van der Waals surface area contributed by atoms with Crippen LogP contribution in [0.1, 0.15) is 40.5 Å². The number of carbonyl (C=O) groups is 1. The molecule has 1 aliphatic heterocycles. The van der Waals surface area contributed by atoms with Crippen molar-refractivity contribution in [2.75, 3.05) is 6.61 Å². The van der Waals surface area contributed by atoms with Crippen LogP contribution in [0.5, 0.6) is 0 Å². The molecule has 1 N–H and O–H groups in total. The van der Waals surface area contributed by atoms with Gasteiger partial charge in [0.2, 0.25) is 0 Å². The maximum absolute atomic E-state index is 11.5. The van der Waals surface area contributed by atoms with Gasteiger partial charge in [-0.3, -0.25) is 4.79 Å². The number of hydrogen-bond acceptors (Lipinski definition) is 4. The Bertz CT molecular complexity index is 222. The highest BCUT2D eigenvalue weighted by molar-refractivity contribution is 5.75. The quantitative estimate of drug-likeness (QED) is 0.742. The van der Waals surface area contributed by atoms with E-state index in [9.17, 15) is 4.79 Å². The van der Waals surface area contributed by atoms with Crippen LogP contribution in [-0.2, 0) is 14.3 Å². The highest BCUT2D eigenvalue weighted by Gasteiger charge is 2.27. The van der Waals surface area contributed by atoms with Crippen LogP contribution in [0.2, 0.25) is 0 Å². The number of ether oxygens (including phenoxy) is 2. The molecule has 3 atom stereocenters. The van der Waals surface area contributed by atoms with Crippen LogP contribution in [0, 0.1) is 0 Å². The van der Waals surface area contributed by atoms with E-state index >= 15 is 0 Å². The summed E-state index contributed by atoms with van der Waals surface area (Å²) in [4.78, 5) is 11.5. The van der Waals surface area contributed by atoms with Gasteiger partial charge in [-0.2, -0.15) is 0 Å². The largest absolute Gasteiger partial charge is 0.465 e. The van der Waals surface area contributed by atoms with Crippen LogP contribution in [0.4, 0.5) is 0 Å². The van der Waals surface area contributed by atoms with Crippen LogP contribution >= 0.6 is 0 Å². The van der Waals surface area contributed by atoms with E-state index in [0.717, 1.165) is 12.8 Å². The third kappa shape index (κ3) is 4.10. The molecule has 1 saturated heterocycles. The molecule has 4 heteroatoms. The molecule has 0 aromatic carbocycles. The van der Waals surface area contributed by atoms with Gasteiger partial charge in [0.25, 0.3) is 0 Å². The monoisotopic (exact) mass is 229 g/mol. The number of nitrogens with one attached hydrogen (secondary N) is 1. The van der Waals surface area contributed by atoms with E-state index in [-0.39, 0.29) is 24.2 Å². The van der Waals surface area contributed by atoms with Crippen molar-refractivity contribution in [3.63, 3.8) is 0 Å². The van der Waals surface area contributed by atoms with Gasteiger partial charge in [0.1, 0.15) is 6.04 Å². The second kappa shape index (κ2) is 6.21. The smallest absolute Gasteiger partial charge is 0.322 e. The molecular weight excluding hydrogens is 206 g/mol. The maximum Gasteiger partial charge on any atom is 0.322 e. The zero-order valence-electron chi connectivity index (χ0n) is 10.7. The first-order valence-corrected chi connectivity index (χ1v) is 6.11. The molecule has 0 radical (unpaired) electrons. The summed E-state index contributed by atoms with van der Waals surface area (Å²) >= 11 is 0. The Balaban J connectivity index is 2.38. The van der Waals surface area contributed by atoms with Gasteiger partial charge in [0.15, 0.2) is 0 Å². The van der Waals surface area contributed by atoms with E-state index in [4.69, 9.17) is 9.47 Å². The van der Waals surface area contributed by atoms with Gasteiger partial charge in [0, 0.05) is 6.04 Å². The molecule has 1 aliphatic rings. The molecule has 0 aromatic rings. The fourth-order valence-corrected chi connectivity index (χ4v) is 2.23. The Morgan fingerprint density at radius 2 is 2.00 bits per heavy atom. The highest BCUT2D eigenvalue weighted by atomic mass is 16.5. The molecule has 0 amide bonds. The molecule has 0 aliphatic carbocycles. The number of rotatable bonds is 4. The Morgan fingerprint density at radius 3 is 2.50 bits per heavy atom. The van der Waals surface area contributed by atoms with E-state index in [1.807, 2.05) is 13.8 Å². The third-order valence-electron chi connectivity index (χ3n) is 2.82. The van der Waals surface area contributed by atoms with Crippen LogP contribution in [-0.4, -0.2) is 36.9 Å². The van der Waals surface area contributed by atoms with E-state index in [0.29, 0.717) is 12.6 Å². The lowest BCUT2D eigenvalue weighted by atomic mass is 9.99. The van der Waals surface area contributed by atoms with E-state index in [1.165, 1.54) is 0 Å². The van der Waals surface area contributed by atoms with Crippen LogP contribution in [0.3, 0.4) is 0 Å². The average Bonchev–Trinajstić information content (AvgIpc) is 2.16. The molecule has 1 heterocycles. The average molecular weight is 229 g/mol. The minimum absolute atomic E-state index is 0.172. The first-order chi connectivity index (χ1) is 7.52. The van der Waals surface area contributed by atoms with Crippen molar-refractivity contribution in [1.29, 1.82) is 0 Å². The molecule has 0 spiro atoms. The normalized spacial score (nSPS) is 32.1. The SMILES string of the molecule is CCOC(=O)C(C)NC1CC(C)OC(C)C1. The second-order valence-corrected chi connectivity index (χ2v) is 4.57. The minimum atomic E-state index is -0.234. The van der Waals surface area contributed by atoms with Gasteiger partial charge >= 0.3 is 5.97 Å². The summed E-state index contributed by atoms with van der Waals surface area (Å²) in [5.41, 5.74) is 0. The Labute approximate surface area is 97.7 Å². The van der Waals surface area contributed by atoms with Crippen molar-refractivity contribution in [2.45, 2.75) is 64.8 Å². The molecule has 1 rings (SSSR count). The fourth-order valence-electron chi connectivity index (χ4n) is 2.23. The molecule has 0 bridgehead atoms. The molecule has 3 unspecified atom stereocenters. The summed E-state index contributed by atoms with van der Waals surface area (Å²) < 4.78 is 10.6.